The van der Waals surface area contributed by atoms with Crippen molar-refractivity contribution in [3.8, 4) is 0 Å². The minimum absolute atomic E-state index is 0.0906. The molecule has 0 spiro atoms. The predicted octanol–water partition coefficient (Wildman–Crippen LogP) is 12.3. The van der Waals surface area contributed by atoms with Crippen LogP contribution in [0.5, 0.6) is 0 Å². The van der Waals surface area contributed by atoms with Gasteiger partial charge in [-0.1, -0.05) is 122 Å². The van der Waals surface area contributed by atoms with E-state index in [-0.39, 0.29) is 45.2 Å². The second-order valence-corrected chi connectivity index (χ2v) is 10.4. The van der Waals surface area contributed by atoms with Gasteiger partial charge in [-0.3, -0.25) is 0 Å². The van der Waals surface area contributed by atoms with E-state index in [0.717, 1.165) is 0 Å². The minimum Gasteiger partial charge on any atom is -0.0836 e. The van der Waals surface area contributed by atoms with Crippen molar-refractivity contribution < 1.29 is 0 Å². The average molecular weight is 597 g/mol. The Hall–Kier alpha value is 0.300. The summed E-state index contributed by atoms with van der Waals surface area (Å²) >= 11 is 65.5. The van der Waals surface area contributed by atoms with E-state index in [2.05, 4.69) is 0 Å². The summed E-state index contributed by atoms with van der Waals surface area (Å²) in [5.41, 5.74) is 0. The molecule has 0 bridgehead atoms. The van der Waals surface area contributed by atoms with Crippen LogP contribution in [-0.4, -0.2) is 0 Å². The Morgan fingerprint density at radius 1 is 0.300 bits per heavy atom. The lowest BCUT2D eigenvalue weighted by Crippen LogP contribution is -1.94. The smallest absolute Gasteiger partial charge is 0.0791 e. The molecule has 0 aliphatic rings. The Labute approximate surface area is 219 Å². The molecule has 0 fully saturated rings. The number of rotatable bonds is 0. The Balaban J connectivity index is 2.39. The largest absolute Gasteiger partial charge is 0.0836 e. The Bertz CT molecular complexity index is 1580. The fourth-order valence-electron chi connectivity index (χ4n) is 3.95. The van der Waals surface area contributed by atoms with E-state index in [0.29, 0.717) is 48.1 Å². The molecule has 0 aliphatic heterocycles. The minimum atomic E-state index is 0.0906. The molecule has 0 aliphatic carbocycles. The van der Waals surface area contributed by atoms with Crippen molar-refractivity contribution in [2.45, 2.75) is 0 Å². The van der Waals surface area contributed by atoms with Gasteiger partial charge in [-0.25, -0.2) is 0 Å². The van der Waals surface area contributed by atoms with Crippen LogP contribution in [0, 0.1) is 0 Å². The first-order valence-corrected chi connectivity index (χ1v) is 11.8. The molecule has 30 heavy (non-hydrogen) atoms. The van der Waals surface area contributed by atoms with Crippen molar-refractivity contribution in [3.05, 3.63) is 62.4 Å². The lowest BCUT2D eigenvalue weighted by atomic mass is 9.89. The highest BCUT2D eigenvalue weighted by atomic mass is 35.5. The topological polar surface area (TPSA) is 0 Å². The molecular formula is C20H2Cl10. The van der Waals surface area contributed by atoms with E-state index in [1.807, 2.05) is 0 Å². The van der Waals surface area contributed by atoms with Gasteiger partial charge in [-0.2, -0.15) is 0 Å². The fourth-order valence-corrected chi connectivity index (χ4v) is 6.73. The summed E-state index contributed by atoms with van der Waals surface area (Å²) in [5, 5.41) is 6.13. The number of hydrogen-bond acceptors (Lipinski definition) is 0. The van der Waals surface area contributed by atoms with Crippen LogP contribution in [0.2, 0.25) is 50.2 Å². The lowest BCUT2D eigenvalue weighted by Gasteiger charge is -2.22. The molecule has 0 unspecified atom stereocenters. The van der Waals surface area contributed by atoms with Gasteiger partial charge >= 0.3 is 0 Å². The molecule has 10 heteroatoms. The summed E-state index contributed by atoms with van der Waals surface area (Å²) in [6.07, 6.45) is 0. The van der Waals surface area contributed by atoms with Crippen LogP contribution in [0.25, 0.3) is 43.1 Å². The molecule has 0 aromatic heterocycles. The molecule has 0 heterocycles. The molecule has 152 valence electrons. The SMILES string of the molecule is Clc1c(Cl)c2c(Cl)ccc3c4c(Cl)c(Cl)c(Cl)c5c(Cl)c(Cl)c(Cl)c(c(c1Cl)c23)c54. The van der Waals surface area contributed by atoms with Crippen LogP contribution in [-0.2, 0) is 0 Å². The van der Waals surface area contributed by atoms with Gasteiger partial charge in [0, 0.05) is 37.7 Å². The van der Waals surface area contributed by atoms with Gasteiger partial charge in [-0.05, 0) is 11.5 Å². The zero-order chi connectivity index (χ0) is 21.8. The van der Waals surface area contributed by atoms with Crippen LogP contribution in [0.15, 0.2) is 12.1 Å². The molecule has 5 aromatic carbocycles. The Morgan fingerprint density at radius 3 is 1.23 bits per heavy atom. The quantitative estimate of drug-likeness (QED) is 0.0948. The van der Waals surface area contributed by atoms with Crippen LogP contribution in [0.3, 0.4) is 0 Å². The molecule has 0 saturated heterocycles. The zero-order valence-corrected chi connectivity index (χ0v) is 21.5. The van der Waals surface area contributed by atoms with E-state index < -0.39 is 0 Å². The summed E-state index contributed by atoms with van der Waals surface area (Å²) in [7, 11) is 0. The third-order valence-corrected chi connectivity index (χ3v) is 9.44. The molecule has 0 nitrogen and oxygen atoms in total. The van der Waals surface area contributed by atoms with Crippen molar-refractivity contribution in [2.24, 2.45) is 0 Å². The van der Waals surface area contributed by atoms with Gasteiger partial charge in [0.05, 0.1) is 50.2 Å². The maximum atomic E-state index is 6.68. The number of fused-ring (bicyclic) bond motifs is 2. The monoisotopic (exact) mass is 592 g/mol. The van der Waals surface area contributed by atoms with Crippen LogP contribution in [0.1, 0.15) is 0 Å². The highest BCUT2D eigenvalue weighted by molar-refractivity contribution is 6.64. The summed E-state index contributed by atoms with van der Waals surface area (Å²) in [6.45, 7) is 0. The Morgan fingerprint density at radius 2 is 0.700 bits per heavy atom. The summed E-state index contributed by atoms with van der Waals surface area (Å²) < 4.78 is 0. The first-order valence-electron chi connectivity index (χ1n) is 8.05. The van der Waals surface area contributed by atoms with Gasteiger partial charge in [0.1, 0.15) is 0 Å². The molecule has 0 radical (unpaired) electrons. The lowest BCUT2D eigenvalue weighted by molar-refractivity contribution is 1.77. The zero-order valence-electron chi connectivity index (χ0n) is 13.9. The molecule has 0 amide bonds. The van der Waals surface area contributed by atoms with Crippen molar-refractivity contribution in [2.75, 3.05) is 0 Å². The normalized spacial score (nSPS) is 12.3. The molecule has 5 aromatic rings. The molecule has 0 saturated carbocycles. The van der Waals surface area contributed by atoms with Crippen molar-refractivity contribution in [1.82, 2.24) is 0 Å². The van der Waals surface area contributed by atoms with Crippen LogP contribution < -0.4 is 0 Å². The maximum Gasteiger partial charge on any atom is 0.0791 e. The van der Waals surface area contributed by atoms with E-state index >= 15 is 0 Å². The summed E-state index contributed by atoms with van der Waals surface area (Å²) in [6, 6.07) is 3.48. The van der Waals surface area contributed by atoms with Gasteiger partial charge in [0.15, 0.2) is 0 Å². The van der Waals surface area contributed by atoms with Crippen LogP contribution >= 0.6 is 116 Å². The van der Waals surface area contributed by atoms with E-state index in [1.54, 1.807) is 12.1 Å². The number of halogens is 10. The summed E-state index contributed by atoms with van der Waals surface area (Å²) in [4.78, 5) is 0. The van der Waals surface area contributed by atoms with Crippen molar-refractivity contribution >= 4 is 159 Å². The van der Waals surface area contributed by atoms with Crippen molar-refractivity contribution in [3.63, 3.8) is 0 Å². The average Bonchev–Trinajstić information content (AvgIpc) is 2.72. The van der Waals surface area contributed by atoms with Gasteiger partial charge in [-0.15, -0.1) is 0 Å². The molecule has 0 atom stereocenters. The van der Waals surface area contributed by atoms with Crippen molar-refractivity contribution in [1.29, 1.82) is 0 Å². The Kier molecular flexibility index (Phi) is 5.46. The standard InChI is InChI=1S/C20H2Cl10/c21-4-2-1-3-5-7(4)13(23)19(29)14(24)9(5)10-8-6(3)12(22)18(28)16(26)11(8)17(27)20(30)15(10)25/h1-2H. The van der Waals surface area contributed by atoms with E-state index in [9.17, 15) is 0 Å². The molecule has 0 N–H and O–H groups in total. The number of hydrogen-bond donors (Lipinski definition) is 0. The van der Waals surface area contributed by atoms with Gasteiger partial charge < -0.3 is 0 Å². The second-order valence-electron chi connectivity index (χ2n) is 6.55. The first-order chi connectivity index (χ1) is 14.1. The van der Waals surface area contributed by atoms with E-state index in [4.69, 9.17) is 116 Å². The van der Waals surface area contributed by atoms with Gasteiger partial charge in [0.25, 0.3) is 0 Å². The predicted molar refractivity (Wildman–Crippen MR) is 138 cm³/mol. The summed E-state index contributed by atoms with van der Waals surface area (Å²) in [5.74, 6) is 0. The number of benzene rings is 5. The molecular weight excluding hydrogens is 595 g/mol. The maximum absolute atomic E-state index is 6.68. The first kappa shape index (κ1) is 22.1. The van der Waals surface area contributed by atoms with E-state index in [1.165, 1.54) is 0 Å². The third-order valence-electron chi connectivity index (χ3n) is 5.15. The highest BCUT2D eigenvalue weighted by Gasteiger charge is 2.29. The fraction of sp³-hybridized carbons (Fsp3) is 0. The second kappa shape index (κ2) is 7.40. The van der Waals surface area contributed by atoms with Gasteiger partial charge in [0.2, 0.25) is 0 Å². The van der Waals surface area contributed by atoms with Crippen LogP contribution in [0.4, 0.5) is 0 Å². The molecule has 5 rings (SSSR count). The third kappa shape index (κ3) is 2.64. The highest BCUT2D eigenvalue weighted by Crippen LogP contribution is 2.57.